The highest BCUT2D eigenvalue weighted by molar-refractivity contribution is 6.06. The standard InChI is InChI=1S/C20H22F2N2O7/c1-5-24(14-7-6-11(21)8-13(14)22)19(26)12-9-23(10-15(29-2)30-3)16(20(27)28)18(31-4)17(12)25/h6-9,15H,5,10H2,1-4H3,(H,27,28). The van der Waals surface area contributed by atoms with Crippen molar-refractivity contribution in [3.8, 4) is 5.75 Å². The predicted octanol–water partition coefficient (Wildman–Crippen LogP) is 2.12. The van der Waals surface area contributed by atoms with Gasteiger partial charge in [0, 0.05) is 33.0 Å². The van der Waals surface area contributed by atoms with Crippen LogP contribution in [0.2, 0.25) is 0 Å². The van der Waals surface area contributed by atoms with E-state index >= 15 is 0 Å². The fraction of sp³-hybridized carbons (Fsp3) is 0.350. The molecule has 168 valence electrons. The van der Waals surface area contributed by atoms with Crippen LogP contribution >= 0.6 is 0 Å². The van der Waals surface area contributed by atoms with Crippen molar-refractivity contribution in [2.75, 3.05) is 32.8 Å². The summed E-state index contributed by atoms with van der Waals surface area (Å²) in [7, 11) is 3.75. The fourth-order valence-corrected chi connectivity index (χ4v) is 3.02. The Balaban J connectivity index is 2.69. The maximum atomic E-state index is 14.3. The van der Waals surface area contributed by atoms with E-state index in [1.54, 1.807) is 0 Å². The van der Waals surface area contributed by atoms with Gasteiger partial charge in [-0.05, 0) is 19.1 Å². The Morgan fingerprint density at radius 1 is 1.19 bits per heavy atom. The first-order valence-electron chi connectivity index (χ1n) is 9.07. The molecule has 0 bridgehead atoms. The second-order valence-electron chi connectivity index (χ2n) is 6.26. The molecule has 0 atom stereocenters. The smallest absolute Gasteiger partial charge is 0.356 e. The normalized spacial score (nSPS) is 10.9. The summed E-state index contributed by atoms with van der Waals surface area (Å²) in [6, 6.07) is 2.65. The van der Waals surface area contributed by atoms with Gasteiger partial charge in [-0.25, -0.2) is 13.6 Å². The molecule has 9 nitrogen and oxygen atoms in total. The number of nitrogens with zero attached hydrogens (tertiary/aromatic N) is 2. The molecule has 0 unspecified atom stereocenters. The quantitative estimate of drug-likeness (QED) is 0.595. The predicted molar refractivity (Wildman–Crippen MR) is 106 cm³/mol. The maximum absolute atomic E-state index is 14.3. The van der Waals surface area contributed by atoms with Crippen LogP contribution in [-0.4, -0.2) is 55.7 Å². The number of aromatic carboxylic acids is 1. The number of ether oxygens (including phenoxy) is 3. The molecule has 0 saturated carbocycles. The van der Waals surface area contributed by atoms with Crippen LogP contribution in [0.1, 0.15) is 27.8 Å². The maximum Gasteiger partial charge on any atom is 0.356 e. The molecule has 1 aromatic carbocycles. The van der Waals surface area contributed by atoms with Crippen LogP contribution in [0.3, 0.4) is 0 Å². The molecule has 0 spiro atoms. The van der Waals surface area contributed by atoms with E-state index in [9.17, 15) is 28.3 Å². The Hall–Kier alpha value is -3.31. The summed E-state index contributed by atoms with van der Waals surface area (Å²) in [6.45, 7) is 1.29. The number of rotatable bonds is 9. The van der Waals surface area contributed by atoms with Crippen molar-refractivity contribution in [2.24, 2.45) is 0 Å². The van der Waals surface area contributed by atoms with Crippen molar-refractivity contribution in [1.82, 2.24) is 4.57 Å². The van der Waals surface area contributed by atoms with Crippen molar-refractivity contribution >= 4 is 17.6 Å². The van der Waals surface area contributed by atoms with Crippen molar-refractivity contribution in [3.05, 3.63) is 57.5 Å². The summed E-state index contributed by atoms with van der Waals surface area (Å²) in [4.78, 5) is 38.7. The number of hydrogen-bond acceptors (Lipinski definition) is 6. The number of carbonyl (C=O) groups is 2. The Morgan fingerprint density at radius 2 is 1.84 bits per heavy atom. The highest BCUT2D eigenvalue weighted by Crippen LogP contribution is 2.23. The van der Waals surface area contributed by atoms with Gasteiger partial charge in [0.1, 0.15) is 17.2 Å². The molecule has 1 amide bonds. The van der Waals surface area contributed by atoms with Crippen LogP contribution in [-0.2, 0) is 16.0 Å². The zero-order valence-electron chi connectivity index (χ0n) is 17.3. The molecule has 0 saturated heterocycles. The van der Waals surface area contributed by atoms with E-state index in [4.69, 9.17) is 14.2 Å². The monoisotopic (exact) mass is 440 g/mol. The zero-order chi connectivity index (χ0) is 23.3. The number of carboxylic acids is 1. The molecule has 0 radical (unpaired) electrons. The summed E-state index contributed by atoms with van der Waals surface area (Å²) < 4.78 is 43.7. The van der Waals surface area contributed by atoms with E-state index in [0.717, 1.165) is 34.9 Å². The lowest BCUT2D eigenvalue weighted by Gasteiger charge is -2.24. The fourth-order valence-electron chi connectivity index (χ4n) is 3.02. The molecule has 1 heterocycles. The highest BCUT2D eigenvalue weighted by Gasteiger charge is 2.29. The average Bonchev–Trinajstić information content (AvgIpc) is 2.73. The number of halogens is 2. The lowest BCUT2D eigenvalue weighted by molar-refractivity contribution is -0.111. The van der Waals surface area contributed by atoms with Crippen LogP contribution in [0.15, 0.2) is 29.2 Å². The largest absolute Gasteiger partial charge is 0.491 e. The lowest BCUT2D eigenvalue weighted by Crippen LogP contribution is -2.37. The molecule has 1 N–H and O–H groups in total. The number of amides is 1. The van der Waals surface area contributed by atoms with Crippen LogP contribution < -0.4 is 15.1 Å². The van der Waals surface area contributed by atoms with E-state index in [0.29, 0.717) is 6.07 Å². The van der Waals surface area contributed by atoms with Gasteiger partial charge in [-0.2, -0.15) is 0 Å². The summed E-state index contributed by atoms with van der Waals surface area (Å²) in [5.74, 6) is -4.81. The molecule has 2 aromatic rings. The van der Waals surface area contributed by atoms with Crippen molar-refractivity contribution in [2.45, 2.75) is 19.8 Å². The lowest BCUT2D eigenvalue weighted by atomic mass is 10.1. The van der Waals surface area contributed by atoms with E-state index < -0.39 is 52.2 Å². The number of anilines is 1. The number of pyridine rings is 1. The number of carbonyl (C=O) groups excluding carboxylic acids is 1. The molecule has 11 heteroatoms. The number of methoxy groups -OCH3 is 3. The van der Waals surface area contributed by atoms with Crippen molar-refractivity contribution < 1.29 is 37.7 Å². The first-order valence-corrected chi connectivity index (χ1v) is 9.07. The Kier molecular flexibility index (Phi) is 7.83. The molecular weight excluding hydrogens is 418 g/mol. The third-order valence-corrected chi connectivity index (χ3v) is 4.51. The number of carboxylic acid groups (broad SMARTS) is 1. The van der Waals surface area contributed by atoms with Gasteiger partial charge in [0.25, 0.3) is 5.91 Å². The van der Waals surface area contributed by atoms with Gasteiger partial charge >= 0.3 is 5.97 Å². The first-order chi connectivity index (χ1) is 14.7. The van der Waals surface area contributed by atoms with Crippen molar-refractivity contribution in [3.63, 3.8) is 0 Å². The Labute approximate surface area is 176 Å². The van der Waals surface area contributed by atoms with Gasteiger partial charge < -0.3 is 28.8 Å². The van der Waals surface area contributed by atoms with E-state index in [2.05, 4.69) is 0 Å². The zero-order valence-corrected chi connectivity index (χ0v) is 17.3. The minimum atomic E-state index is -1.48. The molecule has 0 aliphatic heterocycles. The van der Waals surface area contributed by atoms with Crippen LogP contribution in [0.4, 0.5) is 14.5 Å². The molecule has 0 aliphatic rings. The SMILES string of the molecule is CCN(C(=O)c1cn(CC(OC)OC)c(C(=O)O)c(OC)c1=O)c1ccc(F)cc1F. The average molecular weight is 440 g/mol. The summed E-state index contributed by atoms with van der Waals surface area (Å²) in [5.41, 5.74) is -2.22. The molecule has 0 fully saturated rings. The Bertz CT molecular complexity index is 1030. The van der Waals surface area contributed by atoms with Gasteiger partial charge in [-0.15, -0.1) is 0 Å². The Morgan fingerprint density at radius 3 is 2.32 bits per heavy atom. The minimum Gasteiger partial charge on any atom is -0.491 e. The van der Waals surface area contributed by atoms with Crippen LogP contribution in [0, 0.1) is 11.6 Å². The van der Waals surface area contributed by atoms with E-state index in [1.165, 1.54) is 21.1 Å². The van der Waals surface area contributed by atoms with Crippen LogP contribution in [0.5, 0.6) is 5.75 Å². The van der Waals surface area contributed by atoms with Gasteiger partial charge in [0.15, 0.2) is 17.7 Å². The number of hydrogen-bond donors (Lipinski definition) is 1. The summed E-state index contributed by atoms with van der Waals surface area (Å²) in [5, 5.41) is 9.58. The number of aromatic nitrogens is 1. The van der Waals surface area contributed by atoms with Gasteiger partial charge in [0.2, 0.25) is 5.43 Å². The van der Waals surface area contributed by atoms with E-state index in [1.807, 2.05) is 0 Å². The third kappa shape index (κ3) is 4.89. The molecular formula is C20H22F2N2O7. The molecule has 31 heavy (non-hydrogen) atoms. The minimum absolute atomic E-state index is 0.0530. The van der Waals surface area contributed by atoms with E-state index in [-0.39, 0.29) is 18.8 Å². The summed E-state index contributed by atoms with van der Waals surface area (Å²) in [6.07, 6.45) is 0.122. The van der Waals surface area contributed by atoms with Gasteiger partial charge in [-0.3, -0.25) is 9.59 Å². The molecule has 2 rings (SSSR count). The second kappa shape index (κ2) is 10.1. The topological polar surface area (TPSA) is 107 Å². The second-order valence-corrected chi connectivity index (χ2v) is 6.26. The molecule has 1 aromatic heterocycles. The number of benzene rings is 1. The van der Waals surface area contributed by atoms with Gasteiger partial charge in [-0.1, -0.05) is 0 Å². The molecule has 0 aliphatic carbocycles. The van der Waals surface area contributed by atoms with Crippen molar-refractivity contribution in [1.29, 1.82) is 0 Å². The first kappa shape index (κ1) is 24.0. The summed E-state index contributed by atoms with van der Waals surface area (Å²) >= 11 is 0. The van der Waals surface area contributed by atoms with Crippen LogP contribution in [0.25, 0.3) is 0 Å². The third-order valence-electron chi connectivity index (χ3n) is 4.51. The highest BCUT2D eigenvalue weighted by atomic mass is 19.1. The van der Waals surface area contributed by atoms with Gasteiger partial charge in [0.05, 0.1) is 19.3 Å².